The Balaban J connectivity index is 2.34. The van der Waals surface area contributed by atoms with E-state index in [-0.39, 0.29) is 5.91 Å². The first kappa shape index (κ1) is 12.1. The Morgan fingerprint density at radius 2 is 2.33 bits per heavy atom. The molecule has 1 aromatic rings. The van der Waals surface area contributed by atoms with Crippen LogP contribution in [-0.2, 0) is 11.3 Å². The molecule has 1 rings (SSSR count). The number of amides is 1. The van der Waals surface area contributed by atoms with Crippen molar-refractivity contribution in [1.82, 2.24) is 15.6 Å². The number of nitrogens with one attached hydrogen (secondary N) is 2. The summed E-state index contributed by atoms with van der Waals surface area (Å²) in [6.07, 6.45) is 0. The number of nitrogens with zero attached hydrogens (tertiary/aromatic N) is 1. The Kier molecular flexibility index (Phi) is 4.71. The summed E-state index contributed by atoms with van der Waals surface area (Å²) in [7, 11) is 1.63. The van der Waals surface area contributed by atoms with E-state index in [1.807, 2.05) is 5.38 Å². The molecular weight excluding hydrogens is 210 g/mol. The van der Waals surface area contributed by atoms with E-state index in [0.717, 1.165) is 10.7 Å². The normalized spacial score (nSPS) is 10.7. The third-order valence-electron chi connectivity index (χ3n) is 1.93. The monoisotopic (exact) mass is 227 g/mol. The van der Waals surface area contributed by atoms with Crippen molar-refractivity contribution in [3.05, 3.63) is 16.1 Å². The lowest BCUT2D eigenvalue weighted by Crippen LogP contribution is -2.31. The van der Waals surface area contributed by atoms with Crippen molar-refractivity contribution in [3.8, 4) is 0 Å². The van der Waals surface area contributed by atoms with Crippen LogP contribution in [0.4, 0.5) is 0 Å². The predicted octanol–water partition coefficient (Wildman–Crippen LogP) is 1.10. The summed E-state index contributed by atoms with van der Waals surface area (Å²) in [6.45, 7) is 5.24. The molecule has 0 unspecified atom stereocenters. The zero-order chi connectivity index (χ0) is 11.3. The highest BCUT2D eigenvalue weighted by molar-refractivity contribution is 7.09. The summed E-state index contributed by atoms with van der Waals surface area (Å²) in [6, 6.07) is 0. The molecule has 0 spiro atoms. The fraction of sp³-hybridized carbons (Fsp3) is 0.600. The van der Waals surface area contributed by atoms with Crippen molar-refractivity contribution in [1.29, 1.82) is 0 Å². The van der Waals surface area contributed by atoms with Crippen LogP contribution in [0.3, 0.4) is 0 Å². The smallest absolute Gasteiger partial charge is 0.233 e. The number of carbonyl (C=O) groups is 1. The van der Waals surface area contributed by atoms with Gasteiger partial charge in [-0.05, 0) is 0 Å². The van der Waals surface area contributed by atoms with Crippen LogP contribution in [0.2, 0.25) is 0 Å². The molecule has 2 N–H and O–H groups in total. The van der Waals surface area contributed by atoms with Crippen LogP contribution in [0.25, 0.3) is 0 Å². The van der Waals surface area contributed by atoms with Crippen LogP contribution in [0, 0.1) is 0 Å². The second-order valence-corrected chi connectivity index (χ2v) is 4.50. The molecule has 4 nitrogen and oxygen atoms in total. The van der Waals surface area contributed by atoms with Crippen molar-refractivity contribution < 1.29 is 4.79 Å². The molecule has 84 valence electrons. The largest absolute Gasteiger partial charge is 0.358 e. The number of hydrogen-bond acceptors (Lipinski definition) is 4. The lowest BCUT2D eigenvalue weighted by atomic mass is 10.2. The van der Waals surface area contributed by atoms with E-state index in [0.29, 0.717) is 19.0 Å². The average molecular weight is 227 g/mol. The zero-order valence-electron chi connectivity index (χ0n) is 9.33. The molecule has 0 atom stereocenters. The summed E-state index contributed by atoms with van der Waals surface area (Å²) in [5, 5.41) is 8.77. The molecule has 5 heteroatoms. The second kappa shape index (κ2) is 5.82. The van der Waals surface area contributed by atoms with Gasteiger partial charge in [0.15, 0.2) is 0 Å². The molecule has 0 saturated carbocycles. The Hall–Kier alpha value is -0.940. The summed E-state index contributed by atoms with van der Waals surface area (Å²) in [5.41, 5.74) is 1.01. The maximum absolute atomic E-state index is 10.9. The van der Waals surface area contributed by atoms with E-state index >= 15 is 0 Å². The Morgan fingerprint density at radius 3 is 2.87 bits per heavy atom. The standard InChI is InChI=1S/C10H17N3OS/c1-7(2)10-13-8(6-15-10)4-12-5-9(14)11-3/h6-7,12H,4-5H2,1-3H3,(H,11,14). The van der Waals surface area contributed by atoms with Crippen molar-refractivity contribution in [2.45, 2.75) is 26.3 Å². The molecule has 0 aliphatic carbocycles. The van der Waals surface area contributed by atoms with Crippen LogP contribution >= 0.6 is 11.3 Å². The lowest BCUT2D eigenvalue weighted by Gasteiger charge is -2.01. The Morgan fingerprint density at radius 1 is 1.60 bits per heavy atom. The van der Waals surface area contributed by atoms with Gasteiger partial charge in [-0.25, -0.2) is 4.98 Å². The first-order valence-corrected chi connectivity index (χ1v) is 5.87. The molecule has 1 amide bonds. The van der Waals surface area contributed by atoms with Crippen molar-refractivity contribution in [3.63, 3.8) is 0 Å². The first-order chi connectivity index (χ1) is 7.13. The number of carbonyl (C=O) groups excluding carboxylic acids is 1. The predicted molar refractivity (Wildman–Crippen MR) is 62.0 cm³/mol. The molecule has 0 aromatic carbocycles. The molecule has 0 aliphatic heterocycles. The summed E-state index contributed by atoms with van der Waals surface area (Å²) < 4.78 is 0. The maximum atomic E-state index is 10.9. The lowest BCUT2D eigenvalue weighted by molar-refractivity contribution is -0.119. The van der Waals surface area contributed by atoms with Gasteiger partial charge in [0.1, 0.15) is 0 Å². The number of likely N-dealkylation sites (N-methyl/N-ethyl adjacent to an activating group) is 1. The van der Waals surface area contributed by atoms with Gasteiger partial charge in [-0.15, -0.1) is 11.3 Å². The van der Waals surface area contributed by atoms with E-state index in [4.69, 9.17) is 0 Å². The Bertz CT molecular complexity index is 322. The fourth-order valence-electron chi connectivity index (χ4n) is 1.06. The molecular formula is C10H17N3OS. The molecule has 1 heterocycles. The number of rotatable bonds is 5. The highest BCUT2D eigenvalue weighted by atomic mass is 32.1. The zero-order valence-corrected chi connectivity index (χ0v) is 10.1. The minimum absolute atomic E-state index is 0.00527. The van der Waals surface area contributed by atoms with E-state index < -0.39 is 0 Å². The van der Waals surface area contributed by atoms with Crippen LogP contribution < -0.4 is 10.6 Å². The SMILES string of the molecule is CNC(=O)CNCc1csc(C(C)C)n1. The third-order valence-corrected chi connectivity index (χ3v) is 3.13. The highest BCUT2D eigenvalue weighted by Gasteiger charge is 2.05. The average Bonchev–Trinajstić information content (AvgIpc) is 2.66. The van der Waals surface area contributed by atoms with Gasteiger partial charge in [0.05, 0.1) is 17.2 Å². The van der Waals surface area contributed by atoms with E-state index in [2.05, 4.69) is 29.5 Å². The van der Waals surface area contributed by atoms with Crippen LogP contribution in [0.15, 0.2) is 5.38 Å². The van der Waals surface area contributed by atoms with Gasteiger partial charge in [-0.3, -0.25) is 4.79 Å². The highest BCUT2D eigenvalue weighted by Crippen LogP contribution is 2.18. The van der Waals surface area contributed by atoms with Gasteiger partial charge in [0.25, 0.3) is 0 Å². The Labute approximate surface area is 94.1 Å². The summed E-state index contributed by atoms with van der Waals surface area (Å²) >= 11 is 1.67. The molecule has 0 bridgehead atoms. The fourth-order valence-corrected chi connectivity index (χ4v) is 1.90. The summed E-state index contributed by atoms with van der Waals surface area (Å²) in [4.78, 5) is 15.4. The minimum atomic E-state index is -0.00527. The second-order valence-electron chi connectivity index (χ2n) is 3.61. The third kappa shape index (κ3) is 3.97. The van der Waals surface area contributed by atoms with Gasteiger partial charge < -0.3 is 10.6 Å². The minimum Gasteiger partial charge on any atom is -0.358 e. The van der Waals surface area contributed by atoms with Crippen molar-refractivity contribution >= 4 is 17.2 Å². The molecule has 0 radical (unpaired) electrons. The van der Waals surface area contributed by atoms with Gasteiger partial charge in [0, 0.05) is 24.9 Å². The number of aromatic nitrogens is 1. The van der Waals surface area contributed by atoms with Crippen molar-refractivity contribution in [2.24, 2.45) is 0 Å². The van der Waals surface area contributed by atoms with Gasteiger partial charge in [-0.2, -0.15) is 0 Å². The molecule has 15 heavy (non-hydrogen) atoms. The van der Waals surface area contributed by atoms with Crippen LogP contribution in [0.5, 0.6) is 0 Å². The molecule has 1 aromatic heterocycles. The van der Waals surface area contributed by atoms with Crippen LogP contribution in [-0.4, -0.2) is 24.5 Å². The molecule has 0 saturated heterocycles. The molecule has 0 fully saturated rings. The van der Waals surface area contributed by atoms with E-state index in [1.165, 1.54) is 0 Å². The van der Waals surface area contributed by atoms with Gasteiger partial charge in [0.2, 0.25) is 5.91 Å². The number of hydrogen-bond donors (Lipinski definition) is 2. The molecule has 0 aliphatic rings. The van der Waals surface area contributed by atoms with E-state index in [1.54, 1.807) is 18.4 Å². The van der Waals surface area contributed by atoms with Crippen LogP contribution in [0.1, 0.15) is 30.5 Å². The van der Waals surface area contributed by atoms with Crippen molar-refractivity contribution in [2.75, 3.05) is 13.6 Å². The quantitative estimate of drug-likeness (QED) is 0.792. The van der Waals surface area contributed by atoms with E-state index in [9.17, 15) is 4.79 Å². The van der Waals surface area contributed by atoms with Gasteiger partial charge >= 0.3 is 0 Å². The number of thiazole rings is 1. The summed E-state index contributed by atoms with van der Waals surface area (Å²) in [5.74, 6) is 0.469. The topological polar surface area (TPSA) is 54.0 Å². The van der Waals surface area contributed by atoms with Gasteiger partial charge in [-0.1, -0.05) is 13.8 Å². The maximum Gasteiger partial charge on any atom is 0.233 e. The first-order valence-electron chi connectivity index (χ1n) is 4.99.